The summed E-state index contributed by atoms with van der Waals surface area (Å²) in [6.07, 6.45) is 0. The standard InChI is InChI=1S/Ca.2ClH.H3N/h;2*1H;1H3/q+2;;;/p-2. The van der Waals surface area contributed by atoms with E-state index < -0.39 is 0 Å². The Hall–Kier alpha value is 1.80. The van der Waals surface area contributed by atoms with E-state index in [4.69, 9.17) is 0 Å². The van der Waals surface area contributed by atoms with E-state index in [1.54, 1.807) is 0 Å². The Bertz CT molecular complexity index is 6.00. The van der Waals surface area contributed by atoms with E-state index in [0.29, 0.717) is 0 Å². The molecule has 0 spiro atoms. The second-order valence-corrected chi connectivity index (χ2v) is 0. The number of rotatable bonds is 0. The van der Waals surface area contributed by atoms with Crippen molar-refractivity contribution in [3.05, 3.63) is 0 Å². The van der Waals surface area contributed by atoms with Crippen LogP contribution in [0, 0.1) is 0 Å². The van der Waals surface area contributed by atoms with E-state index in [1.165, 1.54) is 0 Å². The molecule has 0 unspecified atom stereocenters. The summed E-state index contributed by atoms with van der Waals surface area (Å²) in [5.74, 6) is 0. The van der Waals surface area contributed by atoms with Gasteiger partial charge in [-0.1, -0.05) is 0 Å². The van der Waals surface area contributed by atoms with Crippen molar-refractivity contribution in [1.82, 2.24) is 6.15 Å². The molecule has 0 amide bonds. The summed E-state index contributed by atoms with van der Waals surface area (Å²) in [6, 6.07) is 0. The summed E-state index contributed by atoms with van der Waals surface area (Å²) in [7, 11) is 0. The van der Waals surface area contributed by atoms with Crippen LogP contribution in [-0.2, 0) is 0 Å². The van der Waals surface area contributed by atoms with Gasteiger partial charge in [0, 0.05) is 0 Å². The maximum atomic E-state index is 0. The first-order valence-electron chi connectivity index (χ1n) is 0. The minimum absolute atomic E-state index is 0. The van der Waals surface area contributed by atoms with Gasteiger partial charge < -0.3 is 31.0 Å². The number of hydrogen-bond acceptors (Lipinski definition) is 1. The van der Waals surface area contributed by atoms with Crippen molar-refractivity contribution in [2.24, 2.45) is 0 Å². The Morgan fingerprint density at radius 1 is 0.750 bits per heavy atom. The third-order valence-electron chi connectivity index (χ3n) is 0. The quantitative estimate of drug-likeness (QED) is 0.324. The van der Waals surface area contributed by atoms with Gasteiger partial charge in [0.05, 0.1) is 0 Å². The van der Waals surface area contributed by atoms with Crippen LogP contribution in [0.2, 0.25) is 0 Å². The molecule has 0 atom stereocenters. The van der Waals surface area contributed by atoms with Gasteiger partial charge in [0.25, 0.3) is 0 Å². The second-order valence-electron chi connectivity index (χ2n) is 0. The predicted molar refractivity (Wildman–Crippen MR) is 10.8 cm³/mol. The zero-order valence-electron chi connectivity index (χ0n) is 2.17. The molecule has 0 aliphatic rings. The predicted octanol–water partition coefficient (Wildman–Crippen LogP) is -6.21. The molecule has 0 aromatic heterocycles. The van der Waals surface area contributed by atoms with Crippen LogP contribution in [0.5, 0.6) is 0 Å². The topological polar surface area (TPSA) is 35.0 Å². The molecule has 0 aromatic rings. The molecule has 24 valence electrons. The number of halogens is 2. The molecule has 0 saturated carbocycles. The van der Waals surface area contributed by atoms with Gasteiger partial charge in [0.15, 0.2) is 0 Å². The molecule has 0 aromatic carbocycles. The van der Waals surface area contributed by atoms with Crippen LogP contribution in [0.15, 0.2) is 0 Å². The SMILES string of the molecule is N.[Ca+2].[Cl-].[Cl-]. The first-order valence-corrected chi connectivity index (χ1v) is 0. The Labute approximate surface area is 67.9 Å². The van der Waals surface area contributed by atoms with Gasteiger partial charge in [0.2, 0.25) is 0 Å². The monoisotopic (exact) mass is 127 g/mol. The summed E-state index contributed by atoms with van der Waals surface area (Å²) in [5.41, 5.74) is 0. The minimum atomic E-state index is 0. The second kappa shape index (κ2) is 21.4. The van der Waals surface area contributed by atoms with Crippen LogP contribution in [-0.4, -0.2) is 37.7 Å². The van der Waals surface area contributed by atoms with Crippen LogP contribution >= 0.6 is 0 Å². The average molecular weight is 128 g/mol. The van der Waals surface area contributed by atoms with Crippen molar-refractivity contribution in [1.29, 1.82) is 0 Å². The Balaban J connectivity index is 0. The Morgan fingerprint density at radius 2 is 0.750 bits per heavy atom. The van der Waals surface area contributed by atoms with Crippen LogP contribution in [0.1, 0.15) is 0 Å². The normalized spacial score (nSPS) is 0. The first-order chi connectivity index (χ1) is 0. The fourth-order valence-electron chi connectivity index (χ4n) is 0. The molecule has 4 heteroatoms. The molecular weight excluding hydrogens is 125 g/mol. The Kier molecular flexibility index (Phi) is 221. The molecule has 0 saturated heterocycles. The summed E-state index contributed by atoms with van der Waals surface area (Å²) in [4.78, 5) is 0. The summed E-state index contributed by atoms with van der Waals surface area (Å²) < 4.78 is 0. The van der Waals surface area contributed by atoms with Crippen molar-refractivity contribution in [2.75, 3.05) is 0 Å². The number of hydrogen-bond donors (Lipinski definition) is 1. The fourth-order valence-corrected chi connectivity index (χ4v) is 0. The van der Waals surface area contributed by atoms with E-state index >= 15 is 0 Å². The van der Waals surface area contributed by atoms with E-state index in [-0.39, 0.29) is 68.7 Å². The van der Waals surface area contributed by atoms with E-state index in [2.05, 4.69) is 0 Å². The fraction of sp³-hybridized carbons (Fsp3) is 0. The van der Waals surface area contributed by atoms with Gasteiger partial charge >= 0.3 is 37.7 Å². The third kappa shape index (κ3) is 9.20. The maximum absolute atomic E-state index is 0. The molecule has 1 nitrogen and oxygen atoms in total. The Morgan fingerprint density at radius 3 is 0.750 bits per heavy atom. The molecule has 0 aliphatic carbocycles. The van der Waals surface area contributed by atoms with Crippen LogP contribution < -0.4 is 31.0 Å². The van der Waals surface area contributed by atoms with Crippen LogP contribution in [0.25, 0.3) is 0 Å². The van der Waals surface area contributed by atoms with Crippen molar-refractivity contribution >= 4 is 37.7 Å². The molecule has 0 rings (SSSR count). The van der Waals surface area contributed by atoms with Gasteiger partial charge in [0.1, 0.15) is 0 Å². The minimum Gasteiger partial charge on any atom is -1.00 e. The zero-order chi connectivity index (χ0) is 0. The molecule has 0 fully saturated rings. The van der Waals surface area contributed by atoms with Crippen molar-refractivity contribution in [3.63, 3.8) is 0 Å². The van der Waals surface area contributed by atoms with Gasteiger partial charge in [-0.2, -0.15) is 0 Å². The molecule has 4 heavy (non-hydrogen) atoms. The van der Waals surface area contributed by atoms with E-state index in [0.717, 1.165) is 0 Å². The maximum Gasteiger partial charge on any atom is 2.00 e. The largest absolute Gasteiger partial charge is 2.00 e. The van der Waals surface area contributed by atoms with Crippen LogP contribution in [0.4, 0.5) is 0 Å². The third-order valence-corrected chi connectivity index (χ3v) is 0. The zero-order valence-corrected chi connectivity index (χ0v) is 5.89. The van der Waals surface area contributed by atoms with E-state index in [9.17, 15) is 0 Å². The molecule has 0 heterocycles. The molecule has 0 radical (unpaired) electrons. The van der Waals surface area contributed by atoms with Crippen LogP contribution in [0.3, 0.4) is 0 Å². The van der Waals surface area contributed by atoms with E-state index in [1.807, 2.05) is 0 Å². The molecular formula is H3CaCl2N. The van der Waals surface area contributed by atoms with Crippen molar-refractivity contribution in [3.8, 4) is 0 Å². The summed E-state index contributed by atoms with van der Waals surface area (Å²) in [6.45, 7) is 0. The van der Waals surface area contributed by atoms with Crippen molar-refractivity contribution < 1.29 is 24.8 Å². The summed E-state index contributed by atoms with van der Waals surface area (Å²) in [5, 5.41) is 0. The van der Waals surface area contributed by atoms with Gasteiger partial charge in [-0.15, -0.1) is 0 Å². The molecule has 0 aliphatic heterocycles. The average Bonchev–Trinajstić information content (AvgIpc) is 0. The van der Waals surface area contributed by atoms with Gasteiger partial charge in [-0.25, -0.2) is 0 Å². The molecule has 0 bridgehead atoms. The summed E-state index contributed by atoms with van der Waals surface area (Å²) >= 11 is 0. The van der Waals surface area contributed by atoms with Gasteiger partial charge in [-0.3, -0.25) is 0 Å². The molecule has 3 N–H and O–H groups in total. The van der Waals surface area contributed by atoms with Crippen molar-refractivity contribution in [2.45, 2.75) is 0 Å². The first kappa shape index (κ1) is 41.3. The van der Waals surface area contributed by atoms with Gasteiger partial charge in [-0.05, 0) is 0 Å². The smallest absolute Gasteiger partial charge is 1.00 e.